The molecule has 180 valence electrons. The van der Waals surface area contributed by atoms with E-state index in [0.717, 1.165) is 16.9 Å². The highest BCUT2D eigenvalue weighted by atomic mass is 35.5. The third kappa shape index (κ3) is 4.63. The maximum absolute atomic E-state index is 13.7. The van der Waals surface area contributed by atoms with Crippen molar-refractivity contribution in [3.05, 3.63) is 126 Å². The Hall–Kier alpha value is -3.94. The van der Waals surface area contributed by atoms with E-state index in [2.05, 4.69) is 4.99 Å². The predicted octanol–water partition coefficient (Wildman–Crippen LogP) is 4.85. The molecular weight excluding hydrogens is 496 g/mol. The minimum Gasteiger partial charge on any atom is -0.466 e. The van der Waals surface area contributed by atoms with E-state index in [1.807, 2.05) is 54.6 Å². The summed E-state index contributed by atoms with van der Waals surface area (Å²) >= 11 is 7.36. The molecule has 1 atom stereocenters. The summed E-state index contributed by atoms with van der Waals surface area (Å²) < 4.78 is 13.0. The minimum atomic E-state index is -0.680. The largest absolute Gasteiger partial charge is 0.466 e. The van der Waals surface area contributed by atoms with Crippen LogP contribution in [0.5, 0.6) is 11.5 Å². The van der Waals surface area contributed by atoms with Crippen LogP contribution < -0.4 is 19.6 Å². The second-order valence-corrected chi connectivity index (χ2v) is 9.56. The summed E-state index contributed by atoms with van der Waals surface area (Å²) in [6, 6.07) is 23.4. The first kappa shape index (κ1) is 23.8. The van der Waals surface area contributed by atoms with Gasteiger partial charge < -0.3 is 9.47 Å². The van der Waals surface area contributed by atoms with E-state index in [-0.39, 0.29) is 5.56 Å². The van der Waals surface area contributed by atoms with Gasteiger partial charge in [0.1, 0.15) is 11.5 Å². The van der Waals surface area contributed by atoms with Crippen LogP contribution in [-0.4, -0.2) is 17.6 Å². The number of hydrogen-bond acceptors (Lipinski definition) is 6. The van der Waals surface area contributed by atoms with Gasteiger partial charge in [0.2, 0.25) is 0 Å². The van der Waals surface area contributed by atoms with Gasteiger partial charge in [-0.3, -0.25) is 9.36 Å². The summed E-state index contributed by atoms with van der Waals surface area (Å²) in [5.41, 5.74) is 2.12. The number of nitrogens with zero attached hydrogens (tertiary/aromatic N) is 2. The number of carbonyl (C=O) groups is 1. The first-order valence-electron chi connectivity index (χ1n) is 11.1. The number of rotatable bonds is 5. The highest BCUT2D eigenvalue weighted by Gasteiger charge is 2.33. The average molecular weight is 517 g/mol. The SMILES string of the molecule is COC(=O)C1=C(C)N=c2sc(=Cc3cccc(Oc4ccccc4)c3)c(=O)n2C1c1ccc(Cl)cc1. The molecule has 0 fully saturated rings. The van der Waals surface area contributed by atoms with Gasteiger partial charge in [0.25, 0.3) is 5.56 Å². The quantitative estimate of drug-likeness (QED) is 0.355. The van der Waals surface area contributed by atoms with Gasteiger partial charge >= 0.3 is 5.97 Å². The number of hydrogen-bond donors (Lipinski definition) is 0. The Morgan fingerprint density at radius 1 is 1.03 bits per heavy atom. The maximum Gasteiger partial charge on any atom is 0.338 e. The number of methoxy groups -OCH3 is 1. The number of allylic oxidation sites excluding steroid dienone is 1. The molecule has 1 aliphatic rings. The van der Waals surface area contributed by atoms with E-state index in [1.54, 1.807) is 41.8 Å². The fourth-order valence-corrected chi connectivity index (χ4v) is 5.27. The molecule has 1 unspecified atom stereocenters. The van der Waals surface area contributed by atoms with Crippen molar-refractivity contribution in [3.8, 4) is 11.5 Å². The van der Waals surface area contributed by atoms with E-state index in [9.17, 15) is 9.59 Å². The van der Waals surface area contributed by atoms with Gasteiger partial charge in [0.15, 0.2) is 4.80 Å². The molecule has 0 aliphatic carbocycles. The van der Waals surface area contributed by atoms with Gasteiger partial charge in [-0.25, -0.2) is 9.79 Å². The van der Waals surface area contributed by atoms with Crippen molar-refractivity contribution in [2.45, 2.75) is 13.0 Å². The molecule has 0 bridgehead atoms. The Balaban J connectivity index is 1.62. The molecule has 8 heteroatoms. The molecule has 0 saturated heterocycles. The number of para-hydroxylation sites is 1. The van der Waals surface area contributed by atoms with Crippen LogP contribution in [0.4, 0.5) is 0 Å². The lowest BCUT2D eigenvalue weighted by Crippen LogP contribution is -2.39. The summed E-state index contributed by atoms with van der Waals surface area (Å²) in [5.74, 6) is 0.852. The Bertz CT molecular complexity index is 1650. The van der Waals surface area contributed by atoms with Gasteiger partial charge in [-0.05, 0) is 60.5 Å². The molecule has 0 radical (unpaired) electrons. The van der Waals surface area contributed by atoms with E-state index in [4.69, 9.17) is 21.1 Å². The molecule has 6 nitrogen and oxygen atoms in total. The Morgan fingerprint density at radius 2 is 1.75 bits per heavy atom. The smallest absolute Gasteiger partial charge is 0.338 e. The average Bonchev–Trinajstić information content (AvgIpc) is 3.18. The number of aromatic nitrogens is 1. The van der Waals surface area contributed by atoms with Crippen LogP contribution in [0, 0.1) is 0 Å². The molecule has 0 saturated carbocycles. The van der Waals surface area contributed by atoms with Gasteiger partial charge in [0, 0.05) is 5.02 Å². The van der Waals surface area contributed by atoms with Crippen molar-refractivity contribution in [1.82, 2.24) is 4.57 Å². The molecule has 2 heterocycles. The number of thiazole rings is 1. The fourth-order valence-electron chi connectivity index (χ4n) is 4.10. The highest BCUT2D eigenvalue weighted by Crippen LogP contribution is 2.31. The summed E-state index contributed by atoms with van der Waals surface area (Å²) in [5, 5.41) is 0.559. The third-order valence-electron chi connectivity index (χ3n) is 5.75. The minimum absolute atomic E-state index is 0.248. The van der Waals surface area contributed by atoms with Crippen molar-refractivity contribution < 1.29 is 14.3 Å². The lowest BCUT2D eigenvalue weighted by atomic mass is 9.96. The van der Waals surface area contributed by atoms with Crippen LogP contribution in [0.1, 0.15) is 24.1 Å². The maximum atomic E-state index is 13.7. The van der Waals surface area contributed by atoms with Crippen molar-refractivity contribution in [3.63, 3.8) is 0 Å². The van der Waals surface area contributed by atoms with Gasteiger partial charge in [-0.2, -0.15) is 0 Å². The Labute approximate surface area is 216 Å². The van der Waals surface area contributed by atoms with Crippen molar-refractivity contribution in [2.24, 2.45) is 4.99 Å². The molecule has 1 aliphatic heterocycles. The van der Waals surface area contributed by atoms with Crippen LogP contribution in [-0.2, 0) is 9.53 Å². The second-order valence-electron chi connectivity index (χ2n) is 8.11. The third-order valence-corrected chi connectivity index (χ3v) is 6.98. The number of benzene rings is 3. The van der Waals surface area contributed by atoms with Crippen molar-refractivity contribution >= 4 is 35.0 Å². The van der Waals surface area contributed by atoms with Crippen LogP contribution in [0.2, 0.25) is 5.02 Å². The molecule has 3 aromatic carbocycles. The number of esters is 1. The predicted molar refractivity (Wildman–Crippen MR) is 140 cm³/mol. The zero-order valence-electron chi connectivity index (χ0n) is 19.5. The Morgan fingerprint density at radius 3 is 2.47 bits per heavy atom. The van der Waals surface area contributed by atoms with Gasteiger partial charge in [0.05, 0.1) is 29.0 Å². The van der Waals surface area contributed by atoms with Gasteiger partial charge in [-0.15, -0.1) is 0 Å². The van der Waals surface area contributed by atoms with Crippen LogP contribution >= 0.6 is 22.9 Å². The van der Waals surface area contributed by atoms with Crippen molar-refractivity contribution in [2.75, 3.05) is 7.11 Å². The lowest BCUT2D eigenvalue weighted by Gasteiger charge is -2.24. The monoisotopic (exact) mass is 516 g/mol. The van der Waals surface area contributed by atoms with E-state index >= 15 is 0 Å². The highest BCUT2D eigenvalue weighted by molar-refractivity contribution is 7.07. The number of halogens is 1. The summed E-state index contributed by atoms with van der Waals surface area (Å²) in [6.45, 7) is 1.75. The molecule has 36 heavy (non-hydrogen) atoms. The zero-order valence-corrected chi connectivity index (χ0v) is 21.0. The molecule has 0 spiro atoms. The molecule has 4 aromatic rings. The molecule has 0 N–H and O–H groups in total. The summed E-state index contributed by atoms with van der Waals surface area (Å²) in [6.07, 6.45) is 1.80. The first-order valence-corrected chi connectivity index (χ1v) is 12.3. The van der Waals surface area contributed by atoms with Gasteiger partial charge in [-0.1, -0.05) is 65.4 Å². The van der Waals surface area contributed by atoms with E-state index in [1.165, 1.54) is 18.4 Å². The first-order chi connectivity index (χ1) is 17.4. The number of carbonyl (C=O) groups excluding carboxylic acids is 1. The molecular formula is C28H21ClN2O4S. The molecule has 0 amide bonds. The topological polar surface area (TPSA) is 69.9 Å². The normalized spacial score (nSPS) is 15.3. The zero-order chi connectivity index (χ0) is 25.2. The molecule has 1 aromatic heterocycles. The number of ether oxygens (including phenoxy) is 2. The fraction of sp³-hybridized carbons (Fsp3) is 0.107. The second kappa shape index (κ2) is 9.97. The summed E-state index contributed by atoms with van der Waals surface area (Å²) in [7, 11) is 1.32. The van der Waals surface area contributed by atoms with Crippen molar-refractivity contribution in [1.29, 1.82) is 0 Å². The number of fused-ring (bicyclic) bond motifs is 1. The summed E-state index contributed by atoms with van der Waals surface area (Å²) in [4.78, 5) is 31.5. The van der Waals surface area contributed by atoms with E-state index in [0.29, 0.717) is 31.4 Å². The molecule has 5 rings (SSSR count). The van der Waals surface area contributed by atoms with Crippen LogP contribution in [0.15, 0.2) is 99.9 Å². The lowest BCUT2D eigenvalue weighted by molar-refractivity contribution is -0.136. The van der Waals surface area contributed by atoms with E-state index < -0.39 is 12.0 Å². The standard InChI is InChI=1S/C28H21ClN2O4S/c1-17-24(27(33)34-2)25(19-11-13-20(29)14-12-19)31-26(32)23(36-28(31)30-17)16-18-7-6-10-22(15-18)35-21-8-4-3-5-9-21/h3-16,25H,1-2H3. The Kier molecular flexibility index (Phi) is 6.59. The van der Waals surface area contributed by atoms with Crippen LogP contribution in [0.25, 0.3) is 6.08 Å². The van der Waals surface area contributed by atoms with Crippen LogP contribution in [0.3, 0.4) is 0 Å².